The fourth-order valence-electron chi connectivity index (χ4n) is 2.00. The lowest BCUT2D eigenvalue weighted by Crippen LogP contribution is -2.68. The van der Waals surface area contributed by atoms with E-state index >= 15 is 0 Å². The highest BCUT2D eigenvalue weighted by Crippen LogP contribution is 2.34. The lowest BCUT2D eigenvalue weighted by molar-refractivity contribution is -0.132. The SMILES string of the molecule is CC(NCCN1C(=O)C(C)(C)S1(=O)=O)c1cccs1. The van der Waals surface area contributed by atoms with Gasteiger partial charge < -0.3 is 5.32 Å². The molecule has 0 bridgehead atoms. The Morgan fingerprint density at radius 1 is 1.47 bits per heavy atom. The minimum absolute atomic E-state index is 0.159. The largest absolute Gasteiger partial charge is 0.308 e. The molecule has 5 nitrogen and oxygen atoms in total. The van der Waals surface area contributed by atoms with Crippen molar-refractivity contribution in [1.82, 2.24) is 9.62 Å². The maximum atomic E-state index is 11.9. The number of sulfonamides is 1. The van der Waals surface area contributed by atoms with E-state index in [9.17, 15) is 13.2 Å². The average Bonchev–Trinajstić information content (AvgIpc) is 2.86. The van der Waals surface area contributed by atoms with Gasteiger partial charge in [0.2, 0.25) is 0 Å². The van der Waals surface area contributed by atoms with Crippen LogP contribution in [0, 0.1) is 0 Å². The van der Waals surface area contributed by atoms with Crippen LogP contribution < -0.4 is 5.32 Å². The molecule has 1 unspecified atom stereocenters. The molecule has 1 atom stereocenters. The highest BCUT2D eigenvalue weighted by Gasteiger charge is 2.59. The van der Waals surface area contributed by atoms with Gasteiger partial charge in [0.05, 0.1) is 0 Å². The number of carbonyl (C=O) groups is 1. The first-order valence-corrected chi connectivity index (χ1v) is 8.44. The summed E-state index contributed by atoms with van der Waals surface area (Å²) in [5, 5.41) is 5.22. The van der Waals surface area contributed by atoms with Crippen LogP contribution in [0.4, 0.5) is 0 Å². The van der Waals surface area contributed by atoms with E-state index in [4.69, 9.17) is 0 Å². The minimum atomic E-state index is -3.46. The predicted octanol–water partition coefficient (Wildman–Crippen LogP) is 1.35. The molecule has 0 spiro atoms. The number of rotatable bonds is 5. The van der Waals surface area contributed by atoms with Gasteiger partial charge >= 0.3 is 0 Å². The van der Waals surface area contributed by atoms with Crippen LogP contribution in [0.5, 0.6) is 0 Å². The minimum Gasteiger partial charge on any atom is -0.308 e. The second kappa shape index (κ2) is 4.88. The molecule has 1 aromatic rings. The summed E-state index contributed by atoms with van der Waals surface area (Å²) >= 11 is 1.65. The summed E-state index contributed by atoms with van der Waals surface area (Å²) in [6.07, 6.45) is 0. The van der Waals surface area contributed by atoms with E-state index in [-0.39, 0.29) is 18.5 Å². The van der Waals surface area contributed by atoms with Crippen molar-refractivity contribution >= 4 is 27.3 Å². The zero-order valence-corrected chi connectivity index (χ0v) is 12.8. The van der Waals surface area contributed by atoms with Crippen molar-refractivity contribution in [1.29, 1.82) is 0 Å². The number of amides is 1. The Hall–Kier alpha value is -0.920. The van der Waals surface area contributed by atoms with Crippen LogP contribution in [0.3, 0.4) is 0 Å². The highest BCUT2D eigenvalue weighted by molar-refractivity contribution is 7.94. The monoisotopic (exact) mass is 302 g/mol. The number of nitrogens with zero attached hydrogens (tertiary/aromatic N) is 1. The molecule has 0 aliphatic carbocycles. The lowest BCUT2D eigenvalue weighted by atomic mass is 10.2. The third-order valence-electron chi connectivity index (χ3n) is 3.41. The standard InChI is InChI=1S/C12H18N2O3S2/c1-9(10-5-4-8-18-10)13-6-7-14-11(15)12(2,3)19(14,16)17/h4-5,8-9,13H,6-7H2,1-3H3. The zero-order chi connectivity index (χ0) is 14.3. The summed E-state index contributed by atoms with van der Waals surface area (Å²) in [5.74, 6) is -0.321. The molecule has 0 aromatic carbocycles. The van der Waals surface area contributed by atoms with Gasteiger partial charge in [-0.15, -0.1) is 11.3 Å². The number of hydrogen-bond acceptors (Lipinski definition) is 5. The van der Waals surface area contributed by atoms with Gasteiger partial charge in [0, 0.05) is 24.0 Å². The Morgan fingerprint density at radius 2 is 2.16 bits per heavy atom. The summed E-state index contributed by atoms with van der Waals surface area (Å²) in [4.78, 5) is 12.9. The first-order valence-electron chi connectivity index (χ1n) is 6.12. The topological polar surface area (TPSA) is 66.5 Å². The van der Waals surface area contributed by atoms with Crippen molar-refractivity contribution in [2.45, 2.75) is 31.6 Å². The summed E-state index contributed by atoms with van der Waals surface area (Å²) < 4.78 is 23.4. The van der Waals surface area contributed by atoms with Crippen molar-refractivity contribution in [2.75, 3.05) is 13.1 Å². The quantitative estimate of drug-likeness (QED) is 0.891. The van der Waals surface area contributed by atoms with E-state index in [0.717, 1.165) is 4.31 Å². The van der Waals surface area contributed by atoms with Gasteiger partial charge in [-0.3, -0.25) is 4.79 Å². The number of carbonyl (C=O) groups excluding carboxylic acids is 1. The van der Waals surface area contributed by atoms with Gasteiger partial charge in [0.25, 0.3) is 15.9 Å². The number of hydrogen-bond donors (Lipinski definition) is 1. The molecule has 1 amide bonds. The highest BCUT2D eigenvalue weighted by atomic mass is 32.2. The van der Waals surface area contributed by atoms with Gasteiger partial charge in [0.1, 0.15) is 0 Å². The van der Waals surface area contributed by atoms with E-state index in [1.807, 2.05) is 24.4 Å². The van der Waals surface area contributed by atoms with Crippen molar-refractivity contribution in [3.05, 3.63) is 22.4 Å². The normalized spacial score (nSPS) is 22.1. The Kier molecular flexibility index (Phi) is 3.72. The van der Waals surface area contributed by atoms with E-state index in [1.54, 1.807) is 11.3 Å². The summed E-state index contributed by atoms with van der Waals surface area (Å²) in [5.41, 5.74) is 0. The number of thiophene rings is 1. The number of nitrogens with one attached hydrogen (secondary N) is 1. The van der Waals surface area contributed by atoms with Crippen molar-refractivity contribution in [3.63, 3.8) is 0 Å². The van der Waals surface area contributed by atoms with Crippen LogP contribution in [0.25, 0.3) is 0 Å². The molecule has 0 saturated carbocycles. The van der Waals surface area contributed by atoms with Gasteiger partial charge in [0.15, 0.2) is 4.75 Å². The van der Waals surface area contributed by atoms with Crippen LogP contribution >= 0.6 is 11.3 Å². The van der Waals surface area contributed by atoms with Crippen LogP contribution in [0.2, 0.25) is 0 Å². The van der Waals surface area contributed by atoms with Gasteiger partial charge in [-0.25, -0.2) is 12.7 Å². The third kappa shape index (κ3) is 2.30. The molecule has 2 heterocycles. The molecule has 1 aliphatic rings. The first kappa shape index (κ1) is 14.5. The van der Waals surface area contributed by atoms with Crippen molar-refractivity contribution < 1.29 is 13.2 Å². The van der Waals surface area contributed by atoms with Crippen LogP contribution in [0.1, 0.15) is 31.7 Å². The molecular weight excluding hydrogens is 284 g/mol. The molecular formula is C12H18N2O3S2. The fraction of sp³-hybridized carbons (Fsp3) is 0.583. The summed E-state index contributed by atoms with van der Waals surface area (Å²) in [6.45, 7) is 5.56. The molecule has 1 aromatic heterocycles. The molecule has 1 N–H and O–H groups in total. The van der Waals surface area contributed by atoms with Crippen molar-refractivity contribution in [3.8, 4) is 0 Å². The third-order valence-corrected chi connectivity index (χ3v) is 6.86. The first-order chi connectivity index (χ1) is 8.78. The van der Waals surface area contributed by atoms with Crippen LogP contribution in [-0.4, -0.2) is 36.5 Å². The van der Waals surface area contributed by atoms with E-state index in [2.05, 4.69) is 5.32 Å². The summed E-state index contributed by atoms with van der Waals surface area (Å²) in [6, 6.07) is 4.16. The Bertz CT molecular complexity index is 564. The molecule has 7 heteroatoms. The van der Waals surface area contributed by atoms with E-state index in [1.165, 1.54) is 18.7 Å². The maximum Gasteiger partial charge on any atom is 0.258 e. The van der Waals surface area contributed by atoms with Crippen molar-refractivity contribution in [2.24, 2.45) is 0 Å². The second-order valence-corrected chi connectivity index (χ2v) is 8.47. The van der Waals surface area contributed by atoms with Gasteiger partial charge in [-0.1, -0.05) is 6.07 Å². The lowest BCUT2D eigenvalue weighted by Gasteiger charge is -2.43. The molecule has 0 radical (unpaired) electrons. The zero-order valence-electron chi connectivity index (χ0n) is 11.2. The molecule has 1 aliphatic heterocycles. The fourth-order valence-corrected chi connectivity index (χ4v) is 4.29. The maximum absolute atomic E-state index is 11.9. The molecule has 19 heavy (non-hydrogen) atoms. The van der Waals surface area contributed by atoms with E-state index in [0.29, 0.717) is 6.54 Å². The summed E-state index contributed by atoms with van der Waals surface area (Å²) in [7, 11) is -3.46. The molecule has 1 fully saturated rings. The van der Waals surface area contributed by atoms with Crippen LogP contribution in [-0.2, 0) is 14.8 Å². The van der Waals surface area contributed by atoms with Gasteiger partial charge in [-0.05, 0) is 32.2 Å². The average molecular weight is 302 g/mol. The Balaban J connectivity index is 1.86. The molecule has 2 rings (SSSR count). The second-order valence-electron chi connectivity index (χ2n) is 5.08. The van der Waals surface area contributed by atoms with Gasteiger partial charge in [-0.2, -0.15) is 0 Å². The Morgan fingerprint density at radius 3 is 2.68 bits per heavy atom. The Labute approximate surface area is 117 Å². The molecule has 1 saturated heterocycles. The van der Waals surface area contributed by atoms with Crippen LogP contribution in [0.15, 0.2) is 17.5 Å². The smallest absolute Gasteiger partial charge is 0.258 e. The predicted molar refractivity (Wildman–Crippen MR) is 75.4 cm³/mol. The molecule has 106 valence electrons. The van der Waals surface area contributed by atoms with E-state index < -0.39 is 14.8 Å².